The Bertz CT molecular complexity index is 337. The highest BCUT2D eigenvalue weighted by Gasteiger charge is 2.34. The summed E-state index contributed by atoms with van der Waals surface area (Å²) in [6, 6.07) is 8.85. The normalized spacial score (nSPS) is 12.7. The van der Waals surface area contributed by atoms with E-state index in [1.54, 1.807) is 24.3 Å². The van der Waals surface area contributed by atoms with Gasteiger partial charge in [-0.2, -0.15) is 13.2 Å². The first-order chi connectivity index (χ1) is 7.00. The smallest absolute Gasteiger partial charge is 0.390 e. The molecule has 0 saturated carbocycles. The SMILES string of the molecule is FC(F)(F)C(I)=NOCc1ccccc1. The topological polar surface area (TPSA) is 21.6 Å². The van der Waals surface area contributed by atoms with Crippen molar-refractivity contribution in [3.63, 3.8) is 0 Å². The lowest BCUT2D eigenvalue weighted by atomic mass is 10.2. The molecular weight excluding hydrogens is 322 g/mol. The van der Waals surface area contributed by atoms with E-state index in [0.29, 0.717) is 0 Å². The zero-order chi connectivity index (χ0) is 11.3. The Morgan fingerprint density at radius 1 is 1.27 bits per heavy atom. The lowest BCUT2D eigenvalue weighted by molar-refractivity contribution is -0.0579. The molecule has 0 spiro atoms. The van der Waals surface area contributed by atoms with E-state index in [1.807, 2.05) is 6.07 Å². The first kappa shape index (κ1) is 12.3. The third-order valence-corrected chi connectivity index (χ3v) is 2.26. The molecule has 1 aromatic carbocycles. The Hall–Kier alpha value is -0.790. The fourth-order valence-electron chi connectivity index (χ4n) is 0.789. The quantitative estimate of drug-likeness (QED) is 0.472. The third-order valence-electron chi connectivity index (χ3n) is 1.45. The van der Waals surface area contributed by atoms with Gasteiger partial charge in [0, 0.05) is 0 Å². The van der Waals surface area contributed by atoms with E-state index in [-0.39, 0.29) is 6.61 Å². The second kappa shape index (κ2) is 5.34. The van der Waals surface area contributed by atoms with Crippen LogP contribution in [0.4, 0.5) is 13.2 Å². The molecule has 2 nitrogen and oxygen atoms in total. The Kier molecular flexibility index (Phi) is 4.37. The molecule has 1 aromatic rings. The molecule has 0 aromatic heterocycles. The van der Waals surface area contributed by atoms with Crippen molar-refractivity contribution in [3.8, 4) is 0 Å². The minimum atomic E-state index is -4.43. The second-order valence-electron chi connectivity index (χ2n) is 2.64. The molecule has 0 aliphatic rings. The van der Waals surface area contributed by atoms with Crippen molar-refractivity contribution in [2.45, 2.75) is 12.8 Å². The van der Waals surface area contributed by atoms with Crippen LogP contribution >= 0.6 is 22.6 Å². The highest BCUT2D eigenvalue weighted by atomic mass is 127. The van der Waals surface area contributed by atoms with Crippen molar-refractivity contribution in [1.82, 2.24) is 0 Å². The van der Waals surface area contributed by atoms with Gasteiger partial charge in [-0.3, -0.25) is 0 Å². The van der Waals surface area contributed by atoms with Gasteiger partial charge in [0.05, 0.1) is 0 Å². The van der Waals surface area contributed by atoms with Gasteiger partial charge in [0.2, 0.25) is 3.72 Å². The molecule has 0 radical (unpaired) electrons. The fourth-order valence-corrected chi connectivity index (χ4v) is 0.929. The average Bonchev–Trinajstić information content (AvgIpc) is 2.18. The van der Waals surface area contributed by atoms with Crippen molar-refractivity contribution in [1.29, 1.82) is 0 Å². The number of rotatable bonds is 3. The lowest BCUT2D eigenvalue weighted by Gasteiger charge is -2.03. The minimum absolute atomic E-state index is 0.0312. The van der Waals surface area contributed by atoms with Crippen LogP contribution in [0.3, 0.4) is 0 Å². The van der Waals surface area contributed by atoms with Crippen molar-refractivity contribution in [2.75, 3.05) is 0 Å². The van der Waals surface area contributed by atoms with Gasteiger partial charge in [-0.25, -0.2) is 0 Å². The van der Waals surface area contributed by atoms with E-state index >= 15 is 0 Å². The van der Waals surface area contributed by atoms with Crippen LogP contribution in [0.15, 0.2) is 35.5 Å². The Balaban J connectivity index is 2.46. The van der Waals surface area contributed by atoms with Crippen LogP contribution in [0.1, 0.15) is 5.56 Å². The summed E-state index contributed by atoms with van der Waals surface area (Å²) in [5, 5.41) is 2.97. The number of benzene rings is 1. The molecule has 0 saturated heterocycles. The molecule has 0 N–H and O–H groups in total. The lowest BCUT2D eigenvalue weighted by Crippen LogP contribution is -2.16. The van der Waals surface area contributed by atoms with Crippen LogP contribution in [0.25, 0.3) is 0 Å². The zero-order valence-electron chi connectivity index (χ0n) is 7.46. The highest BCUT2D eigenvalue weighted by Crippen LogP contribution is 2.21. The van der Waals surface area contributed by atoms with Crippen molar-refractivity contribution in [3.05, 3.63) is 35.9 Å². The second-order valence-corrected chi connectivity index (χ2v) is 3.66. The minimum Gasteiger partial charge on any atom is -0.390 e. The predicted octanol–water partition coefficient (Wildman–Crippen LogP) is 3.51. The van der Waals surface area contributed by atoms with Gasteiger partial charge in [0.15, 0.2) is 0 Å². The average molecular weight is 329 g/mol. The predicted molar refractivity (Wildman–Crippen MR) is 58.7 cm³/mol. The standard InChI is InChI=1S/C9H7F3INO/c10-9(11,12)8(13)14-15-6-7-4-2-1-3-5-7/h1-5H,6H2. The van der Waals surface area contributed by atoms with Crippen molar-refractivity contribution >= 4 is 26.3 Å². The maximum absolute atomic E-state index is 12.0. The van der Waals surface area contributed by atoms with E-state index < -0.39 is 9.89 Å². The fraction of sp³-hybridized carbons (Fsp3) is 0.222. The molecular formula is C9H7F3INO. The molecule has 1 rings (SSSR count). The van der Waals surface area contributed by atoms with Crippen molar-refractivity contribution < 1.29 is 18.0 Å². The molecule has 0 unspecified atom stereocenters. The molecule has 15 heavy (non-hydrogen) atoms. The van der Waals surface area contributed by atoms with Crippen molar-refractivity contribution in [2.24, 2.45) is 5.16 Å². The molecule has 6 heteroatoms. The summed E-state index contributed by atoms with van der Waals surface area (Å²) in [6.45, 7) is 0.0312. The van der Waals surface area contributed by atoms with Crippen LogP contribution in [-0.2, 0) is 11.4 Å². The van der Waals surface area contributed by atoms with Gasteiger partial charge >= 0.3 is 6.18 Å². The van der Waals surface area contributed by atoms with Gasteiger partial charge in [-0.05, 0) is 28.2 Å². The number of halogens is 4. The summed E-state index contributed by atoms with van der Waals surface area (Å²) in [4.78, 5) is 4.57. The van der Waals surface area contributed by atoms with Gasteiger partial charge in [0.25, 0.3) is 0 Å². The summed E-state index contributed by atoms with van der Waals surface area (Å²) in [5.41, 5.74) is 0.771. The molecule has 0 aliphatic heterocycles. The van der Waals surface area contributed by atoms with E-state index in [4.69, 9.17) is 0 Å². The Morgan fingerprint density at radius 3 is 2.40 bits per heavy atom. The van der Waals surface area contributed by atoms with Crippen LogP contribution in [0, 0.1) is 0 Å². The third kappa shape index (κ3) is 4.50. The summed E-state index contributed by atoms with van der Waals surface area (Å²) in [6.07, 6.45) is -4.43. The molecule has 0 fully saturated rings. The van der Waals surface area contributed by atoms with E-state index in [1.165, 1.54) is 0 Å². The van der Waals surface area contributed by atoms with E-state index in [9.17, 15) is 13.2 Å². The molecule has 0 amide bonds. The maximum atomic E-state index is 12.0. The van der Waals surface area contributed by atoms with Gasteiger partial charge in [-0.15, -0.1) is 0 Å². The molecule has 0 aliphatic carbocycles. The number of nitrogens with zero attached hydrogens (tertiary/aromatic N) is 1. The number of hydrogen-bond donors (Lipinski definition) is 0. The Labute approximate surface area is 98.2 Å². The van der Waals surface area contributed by atoms with Crippen LogP contribution in [0.2, 0.25) is 0 Å². The van der Waals surface area contributed by atoms with Gasteiger partial charge < -0.3 is 4.84 Å². The van der Waals surface area contributed by atoms with Crippen LogP contribution in [-0.4, -0.2) is 9.89 Å². The van der Waals surface area contributed by atoms with Crippen LogP contribution in [0.5, 0.6) is 0 Å². The van der Waals surface area contributed by atoms with Gasteiger partial charge in [0.1, 0.15) is 6.61 Å². The maximum Gasteiger partial charge on any atom is 0.442 e. The number of hydrogen-bond acceptors (Lipinski definition) is 2. The first-order valence-electron chi connectivity index (χ1n) is 3.97. The molecule has 0 bridgehead atoms. The summed E-state index contributed by atoms with van der Waals surface area (Å²) in [5.74, 6) is 0. The number of alkyl halides is 3. The van der Waals surface area contributed by atoms with E-state index in [2.05, 4.69) is 9.99 Å². The Morgan fingerprint density at radius 2 is 1.87 bits per heavy atom. The molecule has 0 atom stereocenters. The van der Waals surface area contributed by atoms with Crippen LogP contribution < -0.4 is 0 Å². The van der Waals surface area contributed by atoms with Gasteiger partial charge in [-0.1, -0.05) is 35.5 Å². The summed E-state index contributed by atoms with van der Waals surface area (Å²) in [7, 11) is 0. The molecule has 0 heterocycles. The highest BCUT2D eigenvalue weighted by molar-refractivity contribution is 14.1. The summed E-state index contributed by atoms with van der Waals surface area (Å²) < 4.78 is 34.9. The first-order valence-corrected chi connectivity index (χ1v) is 5.04. The largest absolute Gasteiger partial charge is 0.442 e. The molecule has 82 valence electrons. The monoisotopic (exact) mass is 329 g/mol. The zero-order valence-corrected chi connectivity index (χ0v) is 9.62. The number of oxime groups is 1. The summed E-state index contributed by atoms with van der Waals surface area (Å²) >= 11 is 1.09. The van der Waals surface area contributed by atoms with E-state index in [0.717, 1.165) is 28.2 Å².